The molecule has 1 rings (SSSR count). The Labute approximate surface area is 122 Å². The Morgan fingerprint density at radius 2 is 1.75 bits per heavy atom. The summed E-state index contributed by atoms with van der Waals surface area (Å²) < 4.78 is 37.1. The van der Waals surface area contributed by atoms with E-state index in [-0.39, 0.29) is 10.6 Å². The largest absolute Gasteiger partial charge is 0.391 e. The normalized spacial score (nSPS) is 14.2. The van der Waals surface area contributed by atoms with Gasteiger partial charge in [0.2, 0.25) is 0 Å². The summed E-state index contributed by atoms with van der Waals surface area (Å²) >= 11 is 6.03. The molecule has 1 unspecified atom stereocenters. The SMILES string of the molecule is Cc1c(Cl)nc(C(C)(C)C)nc1NC(C)CC(F)(F)F. The van der Waals surface area contributed by atoms with Crippen molar-refractivity contribution in [3.8, 4) is 0 Å². The third kappa shape index (κ3) is 4.81. The summed E-state index contributed by atoms with van der Waals surface area (Å²) in [6.07, 6.45) is -5.15. The van der Waals surface area contributed by atoms with E-state index in [9.17, 15) is 13.2 Å². The van der Waals surface area contributed by atoms with E-state index in [1.54, 1.807) is 6.92 Å². The number of aromatic nitrogens is 2. The van der Waals surface area contributed by atoms with Crippen molar-refractivity contribution in [2.75, 3.05) is 5.32 Å². The molecular formula is C13H19ClF3N3. The standard InChI is InChI=1S/C13H19ClF3N3/c1-7(6-13(15,16)17)18-10-8(2)9(14)19-11(20-10)12(3,4)5/h7H,6H2,1-5H3,(H,18,19,20). The van der Waals surface area contributed by atoms with Crippen LogP contribution in [0, 0.1) is 6.92 Å². The lowest BCUT2D eigenvalue weighted by Gasteiger charge is -2.22. The molecule has 1 atom stereocenters. The van der Waals surface area contributed by atoms with Gasteiger partial charge in [0.1, 0.15) is 16.8 Å². The van der Waals surface area contributed by atoms with Gasteiger partial charge in [0.05, 0.1) is 6.42 Å². The summed E-state index contributed by atoms with van der Waals surface area (Å²) in [5, 5.41) is 3.02. The predicted molar refractivity (Wildman–Crippen MR) is 74.2 cm³/mol. The first-order valence-corrected chi connectivity index (χ1v) is 6.66. The second-order valence-corrected chi connectivity index (χ2v) is 6.28. The van der Waals surface area contributed by atoms with Gasteiger partial charge in [0.25, 0.3) is 0 Å². The maximum absolute atomic E-state index is 12.4. The molecule has 0 aliphatic rings. The summed E-state index contributed by atoms with van der Waals surface area (Å²) in [5.74, 6) is 0.849. The highest BCUT2D eigenvalue weighted by atomic mass is 35.5. The fourth-order valence-electron chi connectivity index (χ4n) is 1.60. The van der Waals surface area contributed by atoms with Crippen LogP contribution in [0.5, 0.6) is 0 Å². The van der Waals surface area contributed by atoms with Crippen LogP contribution >= 0.6 is 11.6 Å². The average Bonchev–Trinajstić information content (AvgIpc) is 2.20. The third-order valence-corrected chi connectivity index (χ3v) is 3.05. The molecular weight excluding hydrogens is 291 g/mol. The van der Waals surface area contributed by atoms with E-state index in [2.05, 4.69) is 15.3 Å². The molecule has 0 fully saturated rings. The molecule has 0 spiro atoms. The van der Waals surface area contributed by atoms with E-state index in [0.717, 1.165) is 0 Å². The lowest BCUT2D eigenvalue weighted by atomic mass is 9.95. The van der Waals surface area contributed by atoms with Crippen LogP contribution in [0.25, 0.3) is 0 Å². The summed E-state index contributed by atoms with van der Waals surface area (Å²) in [6.45, 7) is 8.88. The number of rotatable bonds is 3. The lowest BCUT2D eigenvalue weighted by molar-refractivity contribution is -0.136. The Balaban J connectivity index is 3.03. The summed E-state index contributed by atoms with van der Waals surface area (Å²) in [7, 11) is 0. The number of nitrogens with one attached hydrogen (secondary N) is 1. The van der Waals surface area contributed by atoms with Gasteiger partial charge in [0, 0.05) is 17.0 Å². The van der Waals surface area contributed by atoms with Crippen LogP contribution in [0.1, 0.15) is 45.5 Å². The molecule has 1 heterocycles. The first kappa shape index (κ1) is 17.0. The first-order chi connectivity index (χ1) is 8.90. The van der Waals surface area contributed by atoms with Crippen LogP contribution in [-0.4, -0.2) is 22.2 Å². The topological polar surface area (TPSA) is 37.8 Å². The van der Waals surface area contributed by atoms with Gasteiger partial charge >= 0.3 is 6.18 Å². The minimum Gasteiger partial charge on any atom is -0.367 e. The highest BCUT2D eigenvalue weighted by molar-refractivity contribution is 6.30. The number of halogens is 4. The maximum Gasteiger partial charge on any atom is 0.391 e. The minimum absolute atomic E-state index is 0.256. The van der Waals surface area contributed by atoms with Crippen LogP contribution in [0.2, 0.25) is 5.15 Å². The summed E-state index contributed by atoms with van der Waals surface area (Å²) in [6, 6.07) is -0.785. The molecule has 0 saturated heterocycles. The van der Waals surface area contributed by atoms with Gasteiger partial charge in [-0.1, -0.05) is 32.4 Å². The Morgan fingerprint density at radius 1 is 1.20 bits per heavy atom. The van der Waals surface area contributed by atoms with E-state index in [1.807, 2.05) is 20.8 Å². The van der Waals surface area contributed by atoms with Gasteiger partial charge in [-0.2, -0.15) is 13.2 Å². The van der Waals surface area contributed by atoms with E-state index in [4.69, 9.17) is 11.6 Å². The van der Waals surface area contributed by atoms with Gasteiger partial charge < -0.3 is 5.32 Å². The lowest BCUT2D eigenvalue weighted by Crippen LogP contribution is -2.26. The van der Waals surface area contributed by atoms with Gasteiger partial charge in [-0.3, -0.25) is 0 Å². The van der Waals surface area contributed by atoms with Gasteiger partial charge in [-0.15, -0.1) is 0 Å². The second-order valence-electron chi connectivity index (χ2n) is 5.93. The van der Waals surface area contributed by atoms with E-state index < -0.39 is 18.6 Å². The summed E-state index contributed by atoms with van der Waals surface area (Å²) in [5.41, 5.74) is 0.217. The Bertz CT molecular complexity index is 481. The van der Waals surface area contributed by atoms with Gasteiger partial charge in [-0.25, -0.2) is 9.97 Å². The molecule has 114 valence electrons. The van der Waals surface area contributed by atoms with Crippen LogP contribution in [0.15, 0.2) is 0 Å². The van der Waals surface area contributed by atoms with Crippen molar-refractivity contribution < 1.29 is 13.2 Å². The fraction of sp³-hybridized carbons (Fsp3) is 0.692. The molecule has 20 heavy (non-hydrogen) atoms. The van der Waals surface area contributed by atoms with Crippen LogP contribution < -0.4 is 5.32 Å². The zero-order valence-electron chi connectivity index (χ0n) is 12.2. The zero-order chi connectivity index (χ0) is 15.7. The van der Waals surface area contributed by atoms with Crippen molar-refractivity contribution in [1.82, 2.24) is 9.97 Å². The maximum atomic E-state index is 12.4. The first-order valence-electron chi connectivity index (χ1n) is 6.28. The molecule has 0 amide bonds. The number of hydrogen-bond acceptors (Lipinski definition) is 3. The molecule has 0 bridgehead atoms. The zero-order valence-corrected chi connectivity index (χ0v) is 12.9. The molecule has 3 nitrogen and oxygen atoms in total. The highest BCUT2D eigenvalue weighted by Crippen LogP contribution is 2.28. The van der Waals surface area contributed by atoms with Gasteiger partial charge in [0.15, 0.2) is 0 Å². The molecule has 0 aliphatic carbocycles. The van der Waals surface area contributed by atoms with Crippen LogP contribution in [0.3, 0.4) is 0 Å². The van der Waals surface area contributed by atoms with Crippen molar-refractivity contribution in [2.24, 2.45) is 0 Å². The molecule has 0 aliphatic heterocycles. The van der Waals surface area contributed by atoms with Crippen molar-refractivity contribution in [2.45, 2.75) is 58.7 Å². The van der Waals surface area contributed by atoms with Crippen LogP contribution in [0.4, 0.5) is 19.0 Å². The second kappa shape index (κ2) is 5.76. The minimum atomic E-state index is -4.22. The molecule has 1 aromatic heterocycles. The highest BCUT2D eigenvalue weighted by Gasteiger charge is 2.30. The van der Waals surface area contributed by atoms with E-state index in [0.29, 0.717) is 17.2 Å². The molecule has 0 radical (unpaired) electrons. The smallest absolute Gasteiger partial charge is 0.367 e. The van der Waals surface area contributed by atoms with Gasteiger partial charge in [-0.05, 0) is 13.8 Å². The molecule has 1 aromatic rings. The predicted octanol–water partition coefficient (Wildman–Crippen LogP) is 4.49. The number of alkyl halides is 3. The fourth-order valence-corrected chi connectivity index (χ4v) is 1.77. The number of hydrogen-bond donors (Lipinski definition) is 1. The van der Waals surface area contributed by atoms with Crippen molar-refractivity contribution >= 4 is 17.4 Å². The molecule has 1 N–H and O–H groups in total. The van der Waals surface area contributed by atoms with Crippen molar-refractivity contribution in [3.05, 3.63) is 16.5 Å². The quantitative estimate of drug-likeness (QED) is 0.836. The van der Waals surface area contributed by atoms with Crippen molar-refractivity contribution in [1.29, 1.82) is 0 Å². The average molecular weight is 310 g/mol. The van der Waals surface area contributed by atoms with Crippen LogP contribution in [-0.2, 0) is 5.41 Å². The molecule has 0 saturated carbocycles. The Kier molecular flexibility index (Phi) is 4.90. The number of nitrogens with zero attached hydrogens (tertiary/aromatic N) is 2. The Morgan fingerprint density at radius 3 is 2.20 bits per heavy atom. The van der Waals surface area contributed by atoms with Crippen molar-refractivity contribution in [3.63, 3.8) is 0 Å². The Hall–Kier alpha value is -1.04. The monoisotopic (exact) mass is 309 g/mol. The number of anilines is 1. The third-order valence-electron chi connectivity index (χ3n) is 2.68. The summed E-state index contributed by atoms with van der Waals surface area (Å²) in [4.78, 5) is 8.48. The van der Waals surface area contributed by atoms with E-state index in [1.165, 1.54) is 6.92 Å². The molecule has 7 heteroatoms. The molecule has 0 aromatic carbocycles. The van der Waals surface area contributed by atoms with E-state index >= 15 is 0 Å².